The van der Waals surface area contributed by atoms with Crippen molar-refractivity contribution in [3.05, 3.63) is 95.2 Å². The standard InChI is InChI=1S/C40H47F4N7O4/c1-5-23(3)32(22-46-38(55)47-26-15-18-45-19-16-26)49-37(54)39(17-14-31-28(21-39)27-11-9-12-29(35(27)48-31)40(42,43)44)51-36(53)34(24(4)6-2)50-33(52)20-25-10-7-8-13-30(25)41/h7-13,15-16,18-19,23-24,32,34,48H,5-6,14,17,20-22H2,1-4H3,(H,49,54)(H,50,52)(H,51,53)(H2,45,46,47,55)/t23?,24?,32-,34+,39-/m1/s1. The fourth-order valence-corrected chi connectivity index (χ4v) is 6.92. The van der Waals surface area contributed by atoms with Gasteiger partial charge in [-0.3, -0.25) is 19.4 Å². The molecule has 1 aliphatic carbocycles. The largest absolute Gasteiger partial charge is 0.418 e. The Morgan fingerprint density at radius 3 is 2.31 bits per heavy atom. The minimum atomic E-state index is -4.64. The Morgan fingerprint density at radius 1 is 0.927 bits per heavy atom. The van der Waals surface area contributed by atoms with Gasteiger partial charge in [-0.2, -0.15) is 13.2 Å². The zero-order chi connectivity index (χ0) is 39.9. The number of hydrogen-bond donors (Lipinski definition) is 6. The van der Waals surface area contributed by atoms with E-state index in [0.717, 1.165) is 6.07 Å². The van der Waals surface area contributed by atoms with E-state index in [1.54, 1.807) is 31.2 Å². The number of rotatable bonds is 14. The summed E-state index contributed by atoms with van der Waals surface area (Å²) in [7, 11) is 0. The molecule has 1 aliphatic rings. The summed E-state index contributed by atoms with van der Waals surface area (Å²) in [5.41, 5.74) is -0.977. The van der Waals surface area contributed by atoms with Gasteiger partial charge in [0.25, 0.3) is 0 Å². The van der Waals surface area contributed by atoms with Gasteiger partial charge in [0, 0.05) is 48.2 Å². The number of alkyl halides is 3. The number of carbonyl (C=O) groups excluding carboxylic acids is 4. The number of anilines is 1. The topological polar surface area (TPSA) is 157 Å². The molecule has 5 rings (SSSR count). The number of nitrogens with one attached hydrogen (secondary N) is 6. The zero-order valence-electron chi connectivity index (χ0n) is 31.2. The number of amides is 5. The van der Waals surface area contributed by atoms with Gasteiger partial charge in [-0.15, -0.1) is 0 Å². The Bertz CT molecular complexity index is 2000. The van der Waals surface area contributed by atoms with Crippen molar-refractivity contribution in [2.45, 2.75) is 90.0 Å². The number of para-hydroxylation sites is 1. The number of halogens is 4. The van der Waals surface area contributed by atoms with Gasteiger partial charge in [0.05, 0.1) is 17.5 Å². The first kappa shape index (κ1) is 40.7. The highest BCUT2D eigenvalue weighted by molar-refractivity contribution is 5.97. The molecule has 0 spiro atoms. The van der Waals surface area contributed by atoms with Crippen LogP contribution < -0.4 is 26.6 Å². The quantitative estimate of drug-likeness (QED) is 0.0845. The highest BCUT2D eigenvalue weighted by Crippen LogP contribution is 2.40. The number of hydrogen-bond acceptors (Lipinski definition) is 5. The molecule has 0 fully saturated rings. The van der Waals surface area contributed by atoms with Crippen LogP contribution in [0.3, 0.4) is 0 Å². The molecule has 4 aromatic rings. The number of urea groups is 1. The monoisotopic (exact) mass is 765 g/mol. The minimum Gasteiger partial charge on any atom is -0.358 e. The van der Waals surface area contributed by atoms with Crippen LogP contribution in [0.25, 0.3) is 10.9 Å². The van der Waals surface area contributed by atoms with Crippen molar-refractivity contribution in [3.8, 4) is 0 Å². The van der Waals surface area contributed by atoms with E-state index in [1.807, 2.05) is 20.8 Å². The van der Waals surface area contributed by atoms with E-state index in [0.29, 0.717) is 29.8 Å². The van der Waals surface area contributed by atoms with Crippen LogP contribution in [-0.4, -0.2) is 57.9 Å². The lowest BCUT2D eigenvalue weighted by atomic mass is 9.78. The van der Waals surface area contributed by atoms with Crippen LogP contribution >= 0.6 is 0 Å². The number of carbonyl (C=O) groups is 4. The number of aromatic nitrogens is 2. The molecule has 0 radical (unpaired) electrons. The molecular weight excluding hydrogens is 718 g/mol. The number of fused-ring (bicyclic) bond motifs is 3. The smallest absolute Gasteiger partial charge is 0.358 e. The normalized spacial score (nSPS) is 17.6. The van der Waals surface area contributed by atoms with Crippen molar-refractivity contribution in [2.24, 2.45) is 11.8 Å². The summed E-state index contributed by atoms with van der Waals surface area (Å²) in [5.74, 6) is -2.98. The van der Waals surface area contributed by atoms with Gasteiger partial charge in [-0.05, 0) is 60.1 Å². The van der Waals surface area contributed by atoms with Crippen molar-refractivity contribution >= 4 is 40.3 Å². The SMILES string of the molecule is CCC(C)[C@H](NC(=O)Cc1ccccc1F)C(=O)N[C@]1(C(=O)N[C@H](CNC(=O)Nc2ccncc2)C(C)CC)CCc2[nH]c3c(C(F)(F)F)cccc3c2C1. The molecule has 5 atom stereocenters. The summed E-state index contributed by atoms with van der Waals surface area (Å²) in [4.78, 5) is 61.9. The fourth-order valence-electron chi connectivity index (χ4n) is 6.92. The summed E-state index contributed by atoms with van der Waals surface area (Å²) in [6, 6.07) is 10.6. The molecule has 55 heavy (non-hydrogen) atoms. The van der Waals surface area contributed by atoms with Crippen molar-refractivity contribution in [1.29, 1.82) is 0 Å². The molecule has 0 saturated heterocycles. The number of pyridine rings is 1. The van der Waals surface area contributed by atoms with Crippen LogP contribution in [-0.2, 0) is 39.8 Å². The lowest BCUT2D eigenvalue weighted by molar-refractivity contribution is -0.137. The van der Waals surface area contributed by atoms with E-state index in [2.05, 4.69) is 36.6 Å². The lowest BCUT2D eigenvalue weighted by Crippen LogP contribution is -2.66. The highest BCUT2D eigenvalue weighted by atomic mass is 19.4. The predicted octanol–water partition coefficient (Wildman–Crippen LogP) is 6.19. The first-order chi connectivity index (χ1) is 26.2. The van der Waals surface area contributed by atoms with Gasteiger partial charge >= 0.3 is 12.2 Å². The second-order valence-corrected chi connectivity index (χ2v) is 14.3. The van der Waals surface area contributed by atoms with Crippen molar-refractivity contribution < 1.29 is 36.7 Å². The second-order valence-electron chi connectivity index (χ2n) is 14.3. The maximum atomic E-state index is 14.7. The van der Waals surface area contributed by atoms with Crippen LogP contribution in [0.5, 0.6) is 0 Å². The molecule has 15 heteroatoms. The highest BCUT2D eigenvalue weighted by Gasteiger charge is 2.47. The summed E-state index contributed by atoms with van der Waals surface area (Å²) < 4.78 is 56.6. The minimum absolute atomic E-state index is 0.0192. The van der Waals surface area contributed by atoms with E-state index in [-0.39, 0.29) is 54.6 Å². The molecule has 2 unspecified atom stereocenters. The summed E-state index contributed by atoms with van der Waals surface area (Å²) in [6.07, 6.45) is -0.826. The summed E-state index contributed by atoms with van der Waals surface area (Å²) in [6.45, 7) is 7.45. The fraction of sp³-hybridized carbons (Fsp3) is 0.425. The Labute approximate surface area is 316 Å². The van der Waals surface area contributed by atoms with Crippen LogP contribution in [0.4, 0.5) is 28.0 Å². The van der Waals surface area contributed by atoms with Gasteiger partial charge in [-0.1, -0.05) is 70.9 Å². The average molecular weight is 766 g/mol. The third-order valence-corrected chi connectivity index (χ3v) is 10.6. The zero-order valence-corrected chi connectivity index (χ0v) is 31.2. The van der Waals surface area contributed by atoms with E-state index in [9.17, 15) is 36.7 Å². The molecule has 0 aliphatic heterocycles. The lowest BCUT2D eigenvalue weighted by Gasteiger charge is -2.40. The Kier molecular flexibility index (Phi) is 12.8. The van der Waals surface area contributed by atoms with Crippen LogP contribution in [0.15, 0.2) is 67.0 Å². The Morgan fingerprint density at radius 2 is 1.64 bits per heavy atom. The maximum Gasteiger partial charge on any atom is 0.418 e. The summed E-state index contributed by atoms with van der Waals surface area (Å²) >= 11 is 0. The van der Waals surface area contributed by atoms with Gasteiger partial charge in [0.1, 0.15) is 17.4 Å². The Balaban J connectivity index is 1.46. The van der Waals surface area contributed by atoms with Crippen molar-refractivity contribution in [2.75, 3.05) is 11.9 Å². The molecule has 0 saturated carbocycles. The van der Waals surface area contributed by atoms with Crippen LogP contribution in [0.1, 0.15) is 69.3 Å². The van der Waals surface area contributed by atoms with E-state index in [1.165, 1.54) is 36.7 Å². The summed E-state index contributed by atoms with van der Waals surface area (Å²) in [5, 5.41) is 14.5. The van der Waals surface area contributed by atoms with Crippen molar-refractivity contribution in [1.82, 2.24) is 31.2 Å². The second kappa shape index (κ2) is 17.3. The molecule has 5 amide bonds. The van der Waals surface area contributed by atoms with Gasteiger partial charge in [0.15, 0.2) is 0 Å². The average Bonchev–Trinajstić information content (AvgIpc) is 3.53. The molecular formula is C40H47F4N7O4. The van der Waals surface area contributed by atoms with Gasteiger partial charge in [0.2, 0.25) is 17.7 Å². The number of aryl methyl sites for hydroxylation is 1. The molecule has 2 aromatic heterocycles. The number of benzene rings is 2. The number of aromatic amines is 1. The first-order valence-electron chi connectivity index (χ1n) is 18.5. The number of nitrogens with zero attached hydrogens (tertiary/aromatic N) is 1. The predicted molar refractivity (Wildman–Crippen MR) is 200 cm³/mol. The Hall–Kier alpha value is -5.47. The molecule has 0 bridgehead atoms. The van der Waals surface area contributed by atoms with E-state index < -0.39 is 64.9 Å². The first-order valence-corrected chi connectivity index (χ1v) is 18.5. The third-order valence-electron chi connectivity index (χ3n) is 10.6. The third kappa shape index (κ3) is 9.62. The van der Waals surface area contributed by atoms with Crippen LogP contribution in [0, 0.1) is 17.7 Å². The number of H-pyrrole nitrogens is 1. The van der Waals surface area contributed by atoms with Gasteiger partial charge < -0.3 is 31.6 Å². The molecule has 11 nitrogen and oxygen atoms in total. The van der Waals surface area contributed by atoms with Crippen molar-refractivity contribution in [3.63, 3.8) is 0 Å². The molecule has 2 heterocycles. The molecule has 294 valence electrons. The van der Waals surface area contributed by atoms with Gasteiger partial charge in [-0.25, -0.2) is 9.18 Å². The van der Waals surface area contributed by atoms with E-state index >= 15 is 0 Å². The molecule has 2 aromatic carbocycles. The van der Waals surface area contributed by atoms with Crippen LogP contribution in [0.2, 0.25) is 0 Å². The molecule has 6 N–H and O–H groups in total. The van der Waals surface area contributed by atoms with E-state index in [4.69, 9.17) is 0 Å². The maximum absolute atomic E-state index is 14.7.